The highest BCUT2D eigenvalue weighted by Gasteiger charge is 2.37. The molecule has 0 heterocycles. The number of nitrogens with zero attached hydrogens (tertiary/aromatic N) is 1. The average molecular weight is 475 g/mol. The van der Waals surface area contributed by atoms with Crippen molar-refractivity contribution >= 4 is 37.3 Å². The van der Waals surface area contributed by atoms with Gasteiger partial charge in [0.25, 0.3) is 20.0 Å². The number of carbonyl (C=O) groups excluding carboxylic acids is 1. The molecule has 0 fully saturated rings. The molecule has 0 aromatic heterocycles. The van der Waals surface area contributed by atoms with Gasteiger partial charge in [0.15, 0.2) is 0 Å². The van der Waals surface area contributed by atoms with E-state index in [2.05, 4.69) is 5.32 Å². The number of hydrogen-bond donors (Lipinski definition) is 1. The molecule has 0 saturated heterocycles. The molecule has 0 bridgehead atoms. The van der Waals surface area contributed by atoms with Crippen LogP contribution in [0.3, 0.4) is 0 Å². The first kappa shape index (κ1) is 23.3. The first-order valence-corrected chi connectivity index (χ1v) is 12.3. The number of rotatable bonds is 7. The van der Waals surface area contributed by atoms with Crippen molar-refractivity contribution in [2.75, 3.05) is 16.1 Å². The van der Waals surface area contributed by atoms with Crippen LogP contribution in [0.25, 0.3) is 0 Å². The highest BCUT2D eigenvalue weighted by atomic mass is 32.3. The summed E-state index contributed by atoms with van der Waals surface area (Å²) in [5.74, 6) is -0.239. The molecule has 32 heavy (non-hydrogen) atoms. The molecular weight excluding hydrogens is 452 g/mol. The SMILES string of the molecule is COc1cc(N(S(=O)(=O)c2ccccc2)S(=O)(=O)c2ccccc2)cc(C)c1NC(C)=O. The zero-order valence-corrected chi connectivity index (χ0v) is 19.3. The Labute approximate surface area is 187 Å². The normalized spacial score (nSPS) is 11.6. The van der Waals surface area contributed by atoms with Crippen LogP contribution in [0, 0.1) is 6.92 Å². The van der Waals surface area contributed by atoms with Crippen molar-refractivity contribution in [3.05, 3.63) is 78.4 Å². The Morgan fingerprint density at radius 1 is 0.844 bits per heavy atom. The Balaban J connectivity index is 2.32. The number of aryl methyl sites for hydroxylation is 1. The van der Waals surface area contributed by atoms with Crippen LogP contribution in [-0.2, 0) is 24.8 Å². The van der Waals surface area contributed by atoms with E-state index in [9.17, 15) is 21.6 Å². The lowest BCUT2D eigenvalue weighted by Crippen LogP contribution is -2.37. The highest BCUT2D eigenvalue weighted by molar-refractivity contribution is 8.10. The summed E-state index contributed by atoms with van der Waals surface area (Å²) in [7, 11) is -7.73. The molecule has 0 atom stereocenters. The number of ether oxygens (including phenoxy) is 1. The van der Waals surface area contributed by atoms with Crippen LogP contribution in [0.5, 0.6) is 5.75 Å². The number of amides is 1. The molecule has 3 rings (SSSR count). The third-order valence-corrected chi connectivity index (χ3v) is 8.74. The molecule has 168 valence electrons. The van der Waals surface area contributed by atoms with Gasteiger partial charge in [0.1, 0.15) is 5.75 Å². The molecule has 0 unspecified atom stereocenters. The Hall–Kier alpha value is -3.37. The van der Waals surface area contributed by atoms with E-state index in [0.29, 0.717) is 15.0 Å². The zero-order valence-electron chi connectivity index (χ0n) is 17.6. The summed E-state index contributed by atoms with van der Waals surface area (Å²) in [5.41, 5.74) is 0.588. The van der Waals surface area contributed by atoms with Crippen LogP contribution in [0.4, 0.5) is 11.4 Å². The topological polar surface area (TPSA) is 110 Å². The highest BCUT2D eigenvalue weighted by Crippen LogP contribution is 2.38. The smallest absolute Gasteiger partial charge is 0.277 e. The van der Waals surface area contributed by atoms with Gasteiger partial charge in [0, 0.05) is 13.0 Å². The van der Waals surface area contributed by atoms with Gasteiger partial charge in [-0.3, -0.25) is 4.79 Å². The minimum Gasteiger partial charge on any atom is -0.494 e. The van der Waals surface area contributed by atoms with Crippen LogP contribution >= 0.6 is 0 Å². The molecule has 0 saturated carbocycles. The summed E-state index contributed by atoms with van der Waals surface area (Å²) in [6.45, 7) is 2.93. The van der Waals surface area contributed by atoms with E-state index in [0.717, 1.165) is 0 Å². The second kappa shape index (κ2) is 9.01. The Morgan fingerprint density at radius 2 is 1.31 bits per heavy atom. The van der Waals surface area contributed by atoms with E-state index in [1.807, 2.05) is 0 Å². The molecule has 1 N–H and O–H groups in total. The molecule has 3 aromatic rings. The average Bonchev–Trinajstić information content (AvgIpc) is 2.76. The predicted molar refractivity (Wildman–Crippen MR) is 122 cm³/mol. The number of nitrogens with one attached hydrogen (secondary N) is 1. The van der Waals surface area contributed by atoms with Gasteiger partial charge >= 0.3 is 0 Å². The van der Waals surface area contributed by atoms with E-state index < -0.39 is 20.0 Å². The lowest BCUT2D eigenvalue weighted by atomic mass is 10.1. The summed E-state index contributed by atoms with van der Waals surface area (Å²) >= 11 is 0. The first-order valence-electron chi connectivity index (χ1n) is 9.46. The van der Waals surface area contributed by atoms with Gasteiger partial charge < -0.3 is 10.1 Å². The van der Waals surface area contributed by atoms with Crippen molar-refractivity contribution in [1.82, 2.24) is 0 Å². The lowest BCUT2D eigenvalue weighted by molar-refractivity contribution is -0.114. The fraction of sp³-hybridized carbons (Fsp3) is 0.136. The van der Waals surface area contributed by atoms with Crippen LogP contribution < -0.4 is 13.8 Å². The second-order valence-electron chi connectivity index (χ2n) is 6.85. The van der Waals surface area contributed by atoms with Gasteiger partial charge in [-0.15, -0.1) is 0 Å². The monoisotopic (exact) mass is 474 g/mol. The maximum atomic E-state index is 13.6. The Morgan fingerprint density at radius 3 is 1.72 bits per heavy atom. The predicted octanol–water partition coefficient (Wildman–Crippen LogP) is 3.55. The van der Waals surface area contributed by atoms with Gasteiger partial charge in [0.05, 0.1) is 28.3 Å². The number of methoxy groups -OCH3 is 1. The minimum atomic E-state index is -4.54. The maximum Gasteiger partial charge on any atom is 0.277 e. The summed E-state index contributed by atoms with van der Waals surface area (Å²) in [4.78, 5) is 11.2. The van der Waals surface area contributed by atoms with E-state index >= 15 is 0 Å². The van der Waals surface area contributed by atoms with Crippen molar-refractivity contribution in [2.45, 2.75) is 23.6 Å². The standard InChI is InChI=1S/C22H22N2O6S2/c1-16-14-18(15-21(30-3)22(16)23-17(2)25)24(31(26,27)19-10-6-4-7-11-19)32(28,29)20-12-8-5-9-13-20/h4-15H,1-3H3,(H,23,25). The molecule has 1 amide bonds. The second-order valence-corrected chi connectivity index (χ2v) is 10.7. The number of benzene rings is 3. The van der Waals surface area contributed by atoms with Crippen molar-refractivity contribution < 1.29 is 26.4 Å². The van der Waals surface area contributed by atoms with Crippen LogP contribution in [0.2, 0.25) is 0 Å². The third-order valence-electron chi connectivity index (χ3n) is 4.53. The molecule has 0 aliphatic rings. The zero-order chi connectivity index (χ0) is 23.5. The van der Waals surface area contributed by atoms with Crippen LogP contribution in [0.15, 0.2) is 82.6 Å². The van der Waals surface area contributed by atoms with E-state index in [4.69, 9.17) is 4.74 Å². The number of hydrogen-bond acceptors (Lipinski definition) is 6. The maximum absolute atomic E-state index is 13.6. The van der Waals surface area contributed by atoms with Crippen molar-refractivity contribution in [3.63, 3.8) is 0 Å². The fourth-order valence-corrected chi connectivity index (χ4v) is 6.82. The van der Waals surface area contributed by atoms with Gasteiger partial charge in [-0.1, -0.05) is 36.4 Å². The summed E-state index contributed by atoms with van der Waals surface area (Å²) < 4.78 is 60.0. The third kappa shape index (κ3) is 4.46. The Bertz CT molecular complexity index is 1270. The Kier molecular flexibility index (Phi) is 6.56. The number of carbonyl (C=O) groups is 1. The van der Waals surface area contributed by atoms with Gasteiger partial charge in [-0.05, 0) is 42.8 Å². The summed E-state index contributed by atoms with van der Waals surface area (Å²) in [5, 5.41) is 2.62. The van der Waals surface area contributed by atoms with Crippen molar-refractivity contribution in [3.8, 4) is 5.75 Å². The van der Waals surface area contributed by atoms with Gasteiger partial charge in [0.2, 0.25) is 5.91 Å². The molecule has 0 aliphatic heterocycles. The van der Waals surface area contributed by atoms with Gasteiger partial charge in [-0.25, -0.2) is 16.8 Å². The number of anilines is 2. The quantitative estimate of drug-likeness (QED) is 0.561. The number of sulfonamides is 2. The van der Waals surface area contributed by atoms with E-state index in [-0.39, 0.29) is 27.1 Å². The van der Waals surface area contributed by atoms with E-state index in [1.54, 1.807) is 19.1 Å². The summed E-state index contributed by atoms with van der Waals surface area (Å²) in [6.07, 6.45) is 0. The lowest BCUT2D eigenvalue weighted by Gasteiger charge is -2.25. The molecule has 0 spiro atoms. The van der Waals surface area contributed by atoms with E-state index in [1.165, 1.54) is 74.7 Å². The molecular formula is C22H22N2O6S2. The molecule has 0 aliphatic carbocycles. The van der Waals surface area contributed by atoms with Gasteiger partial charge in [-0.2, -0.15) is 3.71 Å². The summed E-state index contributed by atoms with van der Waals surface area (Å²) in [6, 6.07) is 17.2. The molecule has 3 aromatic carbocycles. The fourth-order valence-electron chi connectivity index (χ4n) is 3.12. The molecule has 10 heteroatoms. The van der Waals surface area contributed by atoms with Crippen LogP contribution in [0.1, 0.15) is 12.5 Å². The first-order chi connectivity index (χ1) is 15.1. The minimum absolute atomic E-state index is 0.117. The van der Waals surface area contributed by atoms with Crippen molar-refractivity contribution in [2.24, 2.45) is 0 Å². The molecule has 0 radical (unpaired) electrons. The van der Waals surface area contributed by atoms with Crippen LogP contribution in [-0.4, -0.2) is 29.9 Å². The molecule has 8 nitrogen and oxygen atoms in total. The largest absolute Gasteiger partial charge is 0.494 e. The van der Waals surface area contributed by atoms with Crippen molar-refractivity contribution in [1.29, 1.82) is 0 Å².